The van der Waals surface area contributed by atoms with Crippen LogP contribution in [0.15, 0.2) is 18.5 Å². The smallest absolute Gasteiger partial charge is 0.244 e. The van der Waals surface area contributed by atoms with E-state index in [0.29, 0.717) is 6.04 Å². The average Bonchev–Trinajstić information content (AvgIpc) is 2.74. The van der Waals surface area contributed by atoms with Gasteiger partial charge in [-0.25, -0.2) is 0 Å². The summed E-state index contributed by atoms with van der Waals surface area (Å²) in [6.45, 7) is 0. The quantitative estimate of drug-likeness (QED) is 0.810. The molecule has 1 fully saturated rings. The largest absolute Gasteiger partial charge is 0.350 e. The second kappa shape index (κ2) is 5.66. The number of nitrogens with one attached hydrogen (secondary N) is 1. The van der Waals surface area contributed by atoms with Crippen molar-refractivity contribution in [1.29, 1.82) is 0 Å². The van der Waals surface area contributed by atoms with Crippen LogP contribution in [0.1, 0.15) is 37.7 Å². The molecular weight excluding hydrogens is 214 g/mol. The summed E-state index contributed by atoms with van der Waals surface area (Å²) in [6, 6.07) is 0.370. The van der Waals surface area contributed by atoms with Crippen LogP contribution in [0.4, 0.5) is 0 Å². The normalized spacial score (nSPS) is 17.5. The molecule has 1 N–H and O–H groups in total. The maximum absolute atomic E-state index is 11.7. The highest BCUT2D eigenvalue weighted by atomic mass is 16.1. The monoisotopic (exact) mass is 233 g/mol. The highest BCUT2D eigenvalue weighted by Gasteiger charge is 2.13. The summed E-state index contributed by atoms with van der Waals surface area (Å²) >= 11 is 0. The van der Waals surface area contributed by atoms with Crippen molar-refractivity contribution in [1.82, 2.24) is 15.1 Å². The number of amides is 1. The first-order valence-electron chi connectivity index (χ1n) is 6.21. The number of aromatic nitrogens is 2. The van der Waals surface area contributed by atoms with E-state index in [0.717, 1.165) is 18.4 Å². The molecule has 0 bridgehead atoms. The van der Waals surface area contributed by atoms with Gasteiger partial charge >= 0.3 is 0 Å². The Balaban J connectivity index is 1.82. The van der Waals surface area contributed by atoms with E-state index in [4.69, 9.17) is 0 Å². The third-order valence-electron chi connectivity index (χ3n) is 3.10. The zero-order valence-corrected chi connectivity index (χ0v) is 10.2. The minimum atomic E-state index is 0.000697. The van der Waals surface area contributed by atoms with Crippen LogP contribution >= 0.6 is 0 Å². The van der Waals surface area contributed by atoms with Crippen molar-refractivity contribution < 1.29 is 4.79 Å². The Morgan fingerprint density at radius 2 is 2.24 bits per heavy atom. The maximum atomic E-state index is 11.7. The van der Waals surface area contributed by atoms with Crippen LogP contribution in [-0.4, -0.2) is 21.7 Å². The van der Waals surface area contributed by atoms with E-state index in [2.05, 4.69) is 10.4 Å². The summed E-state index contributed by atoms with van der Waals surface area (Å²) in [6.07, 6.45) is 13.0. The topological polar surface area (TPSA) is 46.9 Å². The molecule has 0 saturated heterocycles. The molecule has 1 aromatic rings. The van der Waals surface area contributed by atoms with Crippen molar-refractivity contribution in [2.24, 2.45) is 7.05 Å². The molecule has 4 heteroatoms. The molecule has 0 radical (unpaired) electrons. The van der Waals surface area contributed by atoms with Crippen molar-refractivity contribution in [3.8, 4) is 0 Å². The number of rotatable bonds is 3. The summed E-state index contributed by atoms with van der Waals surface area (Å²) in [7, 11) is 1.86. The van der Waals surface area contributed by atoms with Gasteiger partial charge in [-0.1, -0.05) is 19.3 Å². The molecule has 0 aromatic carbocycles. The minimum absolute atomic E-state index is 0.000697. The molecular formula is C13H19N3O. The highest BCUT2D eigenvalue weighted by molar-refractivity contribution is 5.91. The van der Waals surface area contributed by atoms with Gasteiger partial charge in [0, 0.05) is 30.9 Å². The Morgan fingerprint density at radius 1 is 1.47 bits per heavy atom. The molecule has 0 spiro atoms. The molecule has 1 aliphatic carbocycles. The Hall–Kier alpha value is -1.58. The van der Waals surface area contributed by atoms with E-state index in [-0.39, 0.29) is 5.91 Å². The van der Waals surface area contributed by atoms with Crippen molar-refractivity contribution in [2.45, 2.75) is 38.1 Å². The number of carbonyl (C=O) groups is 1. The third-order valence-corrected chi connectivity index (χ3v) is 3.10. The number of hydrogen-bond acceptors (Lipinski definition) is 2. The molecule has 2 rings (SSSR count). The van der Waals surface area contributed by atoms with Gasteiger partial charge in [-0.05, 0) is 18.9 Å². The second-order valence-electron chi connectivity index (χ2n) is 4.62. The second-order valence-corrected chi connectivity index (χ2v) is 4.62. The van der Waals surface area contributed by atoms with Gasteiger partial charge in [-0.2, -0.15) is 5.10 Å². The lowest BCUT2D eigenvalue weighted by atomic mass is 9.95. The van der Waals surface area contributed by atoms with E-state index in [1.165, 1.54) is 19.3 Å². The minimum Gasteiger partial charge on any atom is -0.350 e. The van der Waals surface area contributed by atoms with Gasteiger partial charge < -0.3 is 5.32 Å². The molecule has 17 heavy (non-hydrogen) atoms. The Kier molecular flexibility index (Phi) is 3.96. The summed E-state index contributed by atoms with van der Waals surface area (Å²) in [4.78, 5) is 11.7. The first-order valence-corrected chi connectivity index (χ1v) is 6.21. The molecule has 1 heterocycles. The summed E-state index contributed by atoms with van der Waals surface area (Å²) in [5.41, 5.74) is 0.950. The Labute approximate surface area is 102 Å². The summed E-state index contributed by atoms with van der Waals surface area (Å²) < 4.78 is 1.72. The zero-order valence-electron chi connectivity index (χ0n) is 10.2. The van der Waals surface area contributed by atoms with Crippen molar-refractivity contribution in [2.75, 3.05) is 0 Å². The SMILES string of the molecule is Cn1cc(/C=C\C(=O)NC2CCCCC2)cn1. The molecule has 92 valence electrons. The fourth-order valence-electron chi connectivity index (χ4n) is 2.19. The molecule has 0 atom stereocenters. The zero-order chi connectivity index (χ0) is 12.1. The van der Waals surface area contributed by atoms with Gasteiger partial charge in [0.05, 0.1) is 6.20 Å². The number of nitrogens with zero attached hydrogens (tertiary/aromatic N) is 2. The fraction of sp³-hybridized carbons (Fsp3) is 0.538. The van der Waals surface area contributed by atoms with Gasteiger partial charge in [-0.3, -0.25) is 9.48 Å². The maximum Gasteiger partial charge on any atom is 0.244 e. The molecule has 4 nitrogen and oxygen atoms in total. The molecule has 1 aliphatic rings. The van der Waals surface area contributed by atoms with E-state index >= 15 is 0 Å². The third kappa shape index (κ3) is 3.73. The van der Waals surface area contributed by atoms with E-state index < -0.39 is 0 Å². The average molecular weight is 233 g/mol. The standard InChI is InChI=1S/C13H19N3O/c1-16-10-11(9-14-16)7-8-13(17)15-12-5-3-2-4-6-12/h7-10,12H,2-6H2,1H3,(H,15,17)/b8-7-. The van der Waals surface area contributed by atoms with Crippen LogP contribution in [0.5, 0.6) is 0 Å². The van der Waals surface area contributed by atoms with Crippen LogP contribution in [0.25, 0.3) is 6.08 Å². The predicted molar refractivity (Wildman–Crippen MR) is 67.3 cm³/mol. The lowest BCUT2D eigenvalue weighted by molar-refractivity contribution is -0.117. The highest BCUT2D eigenvalue weighted by Crippen LogP contribution is 2.17. The van der Waals surface area contributed by atoms with Gasteiger partial charge in [0.1, 0.15) is 0 Å². The molecule has 1 amide bonds. The van der Waals surface area contributed by atoms with E-state index in [1.807, 2.05) is 13.2 Å². The van der Waals surface area contributed by atoms with Crippen molar-refractivity contribution >= 4 is 12.0 Å². The van der Waals surface area contributed by atoms with E-state index in [1.54, 1.807) is 23.0 Å². The lowest BCUT2D eigenvalue weighted by Gasteiger charge is -2.21. The van der Waals surface area contributed by atoms with E-state index in [9.17, 15) is 4.79 Å². The predicted octanol–water partition coefficient (Wildman–Crippen LogP) is 1.88. The lowest BCUT2D eigenvalue weighted by Crippen LogP contribution is -2.34. The van der Waals surface area contributed by atoms with Crippen LogP contribution in [0.3, 0.4) is 0 Å². The molecule has 0 unspecified atom stereocenters. The van der Waals surface area contributed by atoms with Crippen molar-refractivity contribution in [3.63, 3.8) is 0 Å². The molecule has 1 saturated carbocycles. The number of hydrogen-bond donors (Lipinski definition) is 1. The molecule has 0 aliphatic heterocycles. The summed E-state index contributed by atoms with van der Waals surface area (Å²) in [5, 5.41) is 7.09. The number of aryl methyl sites for hydroxylation is 1. The van der Waals surface area contributed by atoms with Gasteiger partial charge in [0.25, 0.3) is 0 Å². The summed E-state index contributed by atoms with van der Waals surface area (Å²) in [5.74, 6) is 0.000697. The number of carbonyl (C=O) groups excluding carboxylic acids is 1. The van der Waals surface area contributed by atoms with Gasteiger partial charge in [0.2, 0.25) is 5.91 Å². The Bertz CT molecular complexity index is 403. The van der Waals surface area contributed by atoms with Gasteiger partial charge in [0.15, 0.2) is 0 Å². The first-order chi connectivity index (χ1) is 8.24. The van der Waals surface area contributed by atoms with Crippen LogP contribution in [0, 0.1) is 0 Å². The first kappa shape index (κ1) is 11.9. The molecule has 1 aromatic heterocycles. The van der Waals surface area contributed by atoms with Crippen LogP contribution in [-0.2, 0) is 11.8 Å². The fourth-order valence-corrected chi connectivity index (χ4v) is 2.19. The van der Waals surface area contributed by atoms with Crippen LogP contribution < -0.4 is 5.32 Å². The van der Waals surface area contributed by atoms with Crippen LogP contribution in [0.2, 0.25) is 0 Å². The Morgan fingerprint density at radius 3 is 2.88 bits per heavy atom. The van der Waals surface area contributed by atoms with Crippen molar-refractivity contribution in [3.05, 3.63) is 24.0 Å². The van der Waals surface area contributed by atoms with Gasteiger partial charge in [-0.15, -0.1) is 0 Å².